The number of nitrogens with zero attached hydrogens (tertiary/aromatic N) is 5. The second-order valence-electron chi connectivity index (χ2n) is 6.98. The second-order valence-corrected chi connectivity index (χ2v) is 6.98. The molecule has 0 unspecified atom stereocenters. The Bertz CT molecular complexity index is 1090. The zero-order chi connectivity index (χ0) is 17.8. The summed E-state index contributed by atoms with van der Waals surface area (Å²) in [5, 5.41) is 10.00. The van der Waals surface area contributed by atoms with Crippen molar-refractivity contribution in [2.75, 3.05) is 5.73 Å². The molecule has 8 heteroatoms. The molecule has 0 spiro atoms. The van der Waals surface area contributed by atoms with Crippen LogP contribution in [-0.2, 0) is 0 Å². The summed E-state index contributed by atoms with van der Waals surface area (Å²) in [6.07, 6.45) is 7.43. The van der Waals surface area contributed by atoms with Crippen molar-refractivity contribution in [3.63, 3.8) is 0 Å². The minimum atomic E-state index is 0.177. The Balaban J connectivity index is 1.82. The first kappa shape index (κ1) is 15.1. The summed E-state index contributed by atoms with van der Waals surface area (Å²) in [6, 6.07) is 2.11. The van der Waals surface area contributed by atoms with Gasteiger partial charge in [-0.1, -0.05) is 5.16 Å². The number of H-pyrrole nitrogens is 1. The second kappa shape index (κ2) is 5.42. The molecule has 1 aliphatic rings. The maximum Gasteiger partial charge on any atom is 0.149 e. The largest absolute Gasteiger partial charge is 0.383 e. The molecule has 1 saturated carbocycles. The van der Waals surface area contributed by atoms with Gasteiger partial charge in [-0.3, -0.25) is 4.68 Å². The van der Waals surface area contributed by atoms with Crippen LogP contribution in [0.3, 0.4) is 0 Å². The molecule has 1 fully saturated rings. The van der Waals surface area contributed by atoms with Crippen LogP contribution in [0.15, 0.2) is 29.3 Å². The van der Waals surface area contributed by atoms with Crippen molar-refractivity contribution in [1.29, 1.82) is 0 Å². The summed E-state index contributed by atoms with van der Waals surface area (Å²) in [4.78, 5) is 11.7. The molecule has 0 bridgehead atoms. The number of hydrogen-bond acceptors (Lipinski definition) is 6. The predicted octanol–water partition coefficient (Wildman–Crippen LogP) is 3.52. The fourth-order valence-corrected chi connectivity index (χ4v) is 3.40. The van der Waals surface area contributed by atoms with Crippen molar-refractivity contribution in [2.24, 2.45) is 0 Å². The minimum absolute atomic E-state index is 0.177. The average molecular weight is 349 g/mol. The van der Waals surface area contributed by atoms with Crippen molar-refractivity contribution in [3.05, 3.63) is 30.5 Å². The van der Waals surface area contributed by atoms with Crippen molar-refractivity contribution in [3.8, 4) is 22.6 Å². The normalized spacial score (nSPS) is 14.6. The number of fused-ring (bicyclic) bond motifs is 1. The molecule has 4 aromatic rings. The molecule has 3 N–H and O–H groups in total. The summed E-state index contributed by atoms with van der Waals surface area (Å²) < 4.78 is 7.69. The number of nitrogens with one attached hydrogen (secondary N) is 1. The lowest BCUT2D eigenvalue weighted by Crippen LogP contribution is -2.02. The first-order chi connectivity index (χ1) is 12.6. The Labute approximate surface area is 149 Å². The van der Waals surface area contributed by atoms with Gasteiger partial charge in [-0.15, -0.1) is 0 Å². The van der Waals surface area contributed by atoms with Crippen molar-refractivity contribution >= 4 is 16.7 Å². The van der Waals surface area contributed by atoms with Crippen LogP contribution in [0.1, 0.15) is 44.4 Å². The molecule has 4 aromatic heterocycles. The topological polar surface area (TPSA) is 111 Å². The molecule has 132 valence electrons. The number of pyridine rings is 1. The van der Waals surface area contributed by atoms with Gasteiger partial charge < -0.3 is 15.2 Å². The van der Waals surface area contributed by atoms with E-state index in [2.05, 4.69) is 34.0 Å². The maximum absolute atomic E-state index is 6.21. The van der Waals surface area contributed by atoms with E-state index in [1.165, 1.54) is 0 Å². The highest BCUT2D eigenvalue weighted by atomic mass is 16.5. The standard InChI is InChI=1S/C18H19N7O/c1-9(2)25-12-5-6-21-18(19)14(12)15(23-25)16-13(11-7-20-8-22-11)17(26-24-16)10-3-4-10/h5-10H,3-4H2,1-2H3,(H2,19,21)(H,20,22). The number of imidazole rings is 1. The Morgan fingerprint density at radius 2 is 2.12 bits per heavy atom. The van der Waals surface area contributed by atoms with Gasteiger partial charge in [0.05, 0.1) is 28.5 Å². The van der Waals surface area contributed by atoms with Crippen LogP contribution in [0.25, 0.3) is 33.5 Å². The maximum atomic E-state index is 6.21. The smallest absolute Gasteiger partial charge is 0.149 e. The first-order valence-electron chi connectivity index (χ1n) is 8.77. The molecule has 26 heavy (non-hydrogen) atoms. The van der Waals surface area contributed by atoms with Crippen LogP contribution in [0.2, 0.25) is 0 Å². The Morgan fingerprint density at radius 3 is 2.81 bits per heavy atom. The predicted molar refractivity (Wildman–Crippen MR) is 97.4 cm³/mol. The van der Waals surface area contributed by atoms with Gasteiger partial charge in [-0.05, 0) is 32.8 Å². The van der Waals surface area contributed by atoms with Gasteiger partial charge in [-0.2, -0.15) is 5.10 Å². The van der Waals surface area contributed by atoms with Crippen molar-refractivity contribution in [2.45, 2.75) is 38.6 Å². The number of anilines is 1. The van der Waals surface area contributed by atoms with E-state index in [1.54, 1.807) is 12.5 Å². The molecule has 0 atom stereocenters. The molecular formula is C18H19N7O. The Hall–Kier alpha value is -3.16. The summed E-state index contributed by atoms with van der Waals surface area (Å²) in [5.74, 6) is 1.71. The van der Waals surface area contributed by atoms with Gasteiger partial charge in [0.1, 0.15) is 23.0 Å². The minimum Gasteiger partial charge on any atom is -0.383 e. The lowest BCUT2D eigenvalue weighted by molar-refractivity contribution is 0.386. The SMILES string of the molecule is CC(C)n1nc(-c2noc(C3CC3)c2-c2c[nH]cn2)c2c(N)nccc21. The molecule has 0 amide bonds. The van der Waals surface area contributed by atoms with E-state index in [4.69, 9.17) is 15.4 Å². The third kappa shape index (κ3) is 2.15. The molecule has 1 aliphatic carbocycles. The Kier molecular flexibility index (Phi) is 3.15. The van der Waals surface area contributed by atoms with Crippen LogP contribution in [0.4, 0.5) is 5.82 Å². The third-order valence-electron chi connectivity index (χ3n) is 4.78. The highest BCUT2D eigenvalue weighted by Gasteiger charge is 2.35. The lowest BCUT2D eigenvalue weighted by Gasteiger charge is -2.06. The van der Waals surface area contributed by atoms with E-state index in [9.17, 15) is 0 Å². The van der Waals surface area contributed by atoms with E-state index in [0.717, 1.165) is 40.8 Å². The monoisotopic (exact) mass is 349 g/mol. The van der Waals surface area contributed by atoms with Crippen LogP contribution in [0, 0.1) is 0 Å². The van der Waals surface area contributed by atoms with E-state index >= 15 is 0 Å². The van der Waals surface area contributed by atoms with E-state index in [1.807, 2.05) is 16.9 Å². The zero-order valence-corrected chi connectivity index (χ0v) is 14.6. The fraction of sp³-hybridized carbons (Fsp3) is 0.333. The van der Waals surface area contributed by atoms with Gasteiger partial charge in [0.15, 0.2) is 0 Å². The molecule has 8 nitrogen and oxygen atoms in total. The van der Waals surface area contributed by atoms with E-state index in [0.29, 0.717) is 23.1 Å². The van der Waals surface area contributed by atoms with Crippen LogP contribution in [0.5, 0.6) is 0 Å². The molecule has 4 heterocycles. The average Bonchev–Trinajstić information content (AvgIpc) is 3.04. The van der Waals surface area contributed by atoms with Crippen LogP contribution in [-0.4, -0.2) is 29.9 Å². The number of aromatic amines is 1. The molecular weight excluding hydrogens is 330 g/mol. The summed E-state index contributed by atoms with van der Waals surface area (Å²) in [5.41, 5.74) is 10.2. The zero-order valence-electron chi connectivity index (χ0n) is 14.6. The number of rotatable bonds is 4. The fourth-order valence-electron chi connectivity index (χ4n) is 3.40. The van der Waals surface area contributed by atoms with E-state index in [-0.39, 0.29) is 6.04 Å². The highest BCUT2D eigenvalue weighted by Crippen LogP contribution is 2.48. The molecule has 5 rings (SSSR count). The van der Waals surface area contributed by atoms with Crippen molar-refractivity contribution < 1.29 is 4.52 Å². The number of nitrogen functional groups attached to an aromatic ring is 1. The molecule has 0 aliphatic heterocycles. The summed E-state index contributed by atoms with van der Waals surface area (Å²) in [7, 11) is 0. The van der Waals surface area contributed by atoms with E-state index < -0.39 is 0 Å². The first-order valence-corrected chi connectivity index (χ1v) is 8.77. The Morgan fingerprint density at radius 1 is 1.27 bits per heavy atom. The highest BCUT2D eigenvalue weighted by molar-refractivity contribution is 6.02. The van der Waals surface area contributed by atoms with Gasteiger partial charge in [0.25, 0.3) is 0 Å². The van der Waals surface area contributed by atoms with Crippen LogP contribution < -0.4 is 5.73 Å². The number of hydrogen-bond donors (Lipinski definition) is 2. The summed E-state index contributed by atoms with van der Waals surface area (Å²) in [6.45, 7) is 4.17. The van der Waals surface area contributed by atoms with Gasteiger partial charge in [-0.25, -0.2) is 9.97 Å². The van der Waals surface area contributed by atoms with Gasteiger partial charge >= 0.3 is 0 Å². The van der Waals surface area contributed by atoms with Gasteiger partial charge in [0.2, 0.25) is 0 Å². The molecule has 0 aromatic carbocycles. The lowest BCUT2D eigenvalue weighted by atomic mass is 10.0. The van der Waals surface area contributed by atoms with Crippen molar-refractivity contribution in [1.82, 2.24) is 29.9 Å². The third-order valence-corrected chi connectivity index (χ3v) is 4.78. The van der Waals surface area contributed by atoms with Gasteiger partial charge in [0, 0.05) is 24.4 Å². The van der Waals surface area contributed by atoms with Crippen LogP contribution >= 0.6 is 0 Å². The number of aromatic nitrogens is 6. The summed E-state index contributed by atoms with van der Waals surface area (Å²) >= 11 is 0. The molecule has 0 radical (unpaired) electrons. The molecule has 0 saturated heterocycles. The number of nitrogens with two attached hydrogens (primary N) is 1. The quantitative estimate of drug-likeness (QED) is 0.583.